The SMILES string of the molecule is CC(Cc1ccccc1)[N+]1(C(=O)[C@@H](N)Cc2cnc[nH]2)C(=O)CC[C@H]1C(=O)N1CCC[C@H]1C(N)=O. The molecule has 4 rings (SSSR count). The fourth-order valence-corrected chi connectivity index (χ4v) is 5.78. The van der Waals surface area contributed by atoms with E-state index in [-0.39, 0.29) is 31.1 Å². The number of H-pyrrole nitrogens is 1. The van der Waals surface area contributed by atoms with Crippen LogP contribution in [-0.2, 0) is 32.0 Å². The summed E-state index contributed by atoms with van der Waals surface area (Å²) in [6.07, 6.45) is 5.10. The summed E-state index contributed by atoms with van der Waals surface area (Å²) in [5.74, 6) is -1.75. The third-order valence-electron chi connectivity index (χ3n) is 7.43. The monoisotopic (exact) mass is 481 g/mol. The predicted molar refractivity (Wildman–Crippen MR) is 127 cm³/mol. The Kier molecular flexibility index (Phi) is 7.13. The zero-order valence-corrected chi connectivity index (χ0v) is 19.9. The van der Waals surface area contributed by atoms with E-state index in [0.29, 0.717) is 31.5 Å². The first kappa shape index (κ1) is 24.7. The molecule has 1 aromatic carbocycles. The van der Waals surface area contributed by atoms with Crippen molar-refractivity contribution in [1.82, 2.24) is 14.9 Å². The molecule has 0 aliphatic carbocycles. The van der Waals surface area contributed by atoms with Crippen LogP contribution in [0, 0.1) is 0 Å². The molecule has 2 saturated heterocycles. The summed E-state index contributed by atoms with van der Waals surface area (Å²) in [6, 6.07) is 6.34. The number of aromatic amines is 1. The number of carbonyl (C=O) groups is 4. The minimum Gasteiger partial charge on any atom is -0.368 e. The molecule has 4 amide bonds. The van der Waals surface area contributed by atoms with E-state index in [2.05, 4.69) is 9.97 Å². The molecule has 3 heterocycles. The molecule has 2 unspecified atom stereocenters. The van der Waals surface area contributed by atoms with Crippen molar-refractivity contribution in [3.63, 3.8) is 0 Å². The van der Waals surface area contributed by atoms with Gasteiger partial charge in [-0.05, 0) is 25.3 Å². The highest BCUT2D eigenvalue weighted by Gasteiger charge is 2.63. The highest BCUT2D eigenvalue weighted by Crippen LogP contribution is 2.37. The van der Waals surface area contributed by atoms with Crippen LogP contribution < -0.4 is 11.5 Å². The van der Waals surface area contributed by atoms with Crippen LogP contribution in [-0.4, -0.2) is 73.7 Å². The number of likely N-dealkylation sites (tertiary alicyclic amines) is 2. The molecule has 2 aromatic rings. The molecule has 1 aromatic heterocycles. The number of benzene rings is 1. The number of nitrogens with one attached hydrogen (secondary N) is 1. The van der Waals surface area contributed by atoms with Gasteiger partial charge >= 0.3 is 11.8 Å². The van der Waals surface area contributed by atoms with Gasteiger partial charge in [-0.2, -0.15) is 4.48 Å². The summed E-state index contributed by atoms with van der Waals surface area (Å²) >= 11 is 0. The van der Waals surface area contributed by atoms with Crippen molar-refractivity contribution in [3.8, 4) is 0 Å². The Balaban J connectivity index is 1.73. The molecule has 2 fully saturated rings. The number of imidazole rings is 1. The number of primary amides is 1. The lowest BCUT2D eigenvalue weighted by Crippen LogP contribution is -2.71. The third-order valence-corrected chi connectivity index (χ3v) is 7.43. The molecule has 5 N–H and O–H groups in total. The molecule has 0 spiro atoms. The second kappa shape index (κ2) is 10.1. The van der Waals surface area contributed by atoms with E-state index < -0.39 is 40.5 Å². The lowest BCUT2D eigenvalue weighted by molar-refractivity contribution is -0.812. The number of imide groups is 1. The Labute approximate surface area is 204 Å². The van der Waals surface area contributed by atoms with E-state index >= 15 is 0 Å². The predicted octanol–water partition coefficient (Wildman–Crippen LogP) is 0.419. The first-order valence-corrected chi connectivity index (χ1v) is 12.1. The van der Waals surface area contributed by atoms with Crippen LogP contribution in [0.25, 0.3) is 0 Å². The van der Waals surface area contributed by atoms with Crippen molar-refractivity contribution in [1.29, 1.82) is 0 Å². The quantitative estimate of drug-likeness (QED) is 0.465. The maximum Gasteiger partial charge on any atom is 0.339 e. The fraction of sp³-hybridized carbons (Fsp3) is 0.480. The normalized spacial score (nSPS) is 26.0. The lowest BCUT2D eigenvalue weighted by atomic mass is 9.98. The number of hydrogen-bond acceptors (Lipinski definition) is 6. The van der Waals surface area contributed by atoms with Crippen molar-refractivity contribution in [3.05, 3.63) is 54.1 Å². The number of hydrogen-bond donors (Lipinski definition) is 3. The second-order valence-electron chi connectivity index (χ2n) is 9.58. The summed E-state index contributed by atoms with van der Waals surface area (Å²) in [6.45, 7) is 2.20. The average Bonchev–Trinajstić information content (AvgIpc) is 3.59. The van der Waals surface area contributed by atoms with Gasteiger partial charge in [0.25, 0.3) is 5.91 Å². The molecule has 2 aliphatic rings. The summed E-state index contributed by atoms with van der Waals surface area (Å²) < 4.78 is -0.648. The average molecular weight is 482 g/mol. The first-order valence-electron chi connectivity index (χ1n) is 12.1. The number of quaternary nitrogens is 1. The second-order valence-corrected chi connectivity index (χ2v) is 9.58. The molecule has 0 saturated carbocycles. The molecular formula is C25H33N6O4+. The summed E-state index contributed by atoms with van der Waals surface area (Å²) in [5, 5.41) is 0. The van der Waals surface area contributed by atoms with Crippen molar-refractivity contribution in [2.24, 2.45) is 11.5 Å². The Hall–Kier alpha value is -3.37. The third kappa shape index (κ3) is 4.51. The lowest BCUT2D eigenvalue weighted by Gasteiger charge is -2.42. The number of carbonyl (C=O) groups excluding carboxylic acids is 4. The van der Waals surface area contributed by atoms with Gasteiger partial charge in [0, 0.05) is 37.7 Å². The molecule has 0 radical (unpaired) electrons. The van der Waals surface area contributed by atoms with Gasteiger partial charge in [-0.15, -0.1) is 0 Å². The van der Waals surface area contributed by atoms with E-state index in [4.69, 9.17) is 11.5 Å². The Bertz CT molecular complexity index is 1090. The molecule has 2 aliphatic heterocycles. The zero-order valence-electron chi connectivity index (χ0n) is 19.9. The van der Waals surface area contributed by atoms with Crippen LogP contribution in [0.3, 0.4) is 0 Å². The van der Waals surface area contributed by atoms with E-state index in [0.717, 1.165) is 5.56 Å². The maximum absolute atomic E-state index is 14.1. The molecule has 35 heavy (non-hydrogen) atoms. The number of nitrogens with two attached hydrogens (primary N) is 2. The Morgan fingerprint density at radius 3 is 2.60 bits per heavy atom. The minimum absolute atomic E-state index is 0.0904. The summed E-state index contributed by atoms with van der Waals surface area (Å²) in [4.78, 5) is 62.0. The molecule has 5 atom stereocenters. The number of rotatable bonds is 8. The highest BCUT2D eigenvalue weighted by molar-refractivity contribution is 5.97. The van der Waals surface area contributed by atoms with E-state index in [1.54, 1.807) is 6.20 Å². The van der Waals surface area contributed by atoms with Gasteiger partial charge < -0.3 is 21.4 Å². The molecule has 10 nitrogen and oxygen atoms in total. The van der Waals surface area contributed by atoms with E-state index in [1.165, 1.54) is 11.2 Å². The Morgan fingerprint density at radius 1 is 1.20 bits per heavy atom. The van der Waals surface area contributed by atoms with Crippen LogP contribution in [0.2, 0.25) is 0 Å². The van der Waals surface area contributed by atoms with Crippen molar-refractivity contribution in [2.75, 3.05) is 6.54 Å². The van der Waals surface area contributed by atoms with Crippen LogP contribution in [0.1, 0.15) is 43.9 Å². The molecule has 0 bridgehead atoms. The van der Waals surface area contributed by atoms with Gasteiger partial charge in [0.1, 0.15) is 18.1 Å². The number of nitrogens with zero attached hydrogens (tertiary/aromatic N) is 3. The van der Waals surface area contributed by atoms with Gasteiger partial charge in [-0.1, -0.05) is 30.3 Å². The van der Waals surface area contributed by atoms with Crippen molar-refractivity contribution in [2.45, 2.75) is 69.6 Å². The van der Waals surface area contributed by atoms with E-state index in [1.807, 2.05) is 37.3 Å². The topological polar surface area (TPSA) is 152 Å². The highest BCUT2D eigenvalue weighted by atomic mass is 16.2. The zero-order chi connectivity index (χ0) is 25.2. The smallest absolute Gasteiger partial charge is 0.339 e. The molecular weight excluding hydrogens is 448 g/mol. The molecule has 186 valence electrons. The Morgan fingerprint density at radius 2 is 1.94 bits per heavy atom. The van der Waals surface area contributed by atoms with Gasteiger partial charge in [-0.25, -0.2) is 14.6 Å². The standard InChI is InChI=1S/C25H32N6O4/c1-16(12-17-6-3-2-4-7-17)31(25(35)19(26)13-18-14-28-15-29-18)21(9-10-22(31)32)24(34)30-11-5-8-20(30)23(27)33/h2-4,6-7,14-16,19-21H,5,8-13,26H2,1H3,(H2-,27,28,29,33)/p+1/t16?,19-,20-,21-,31?/m0/s1. The van der Waals surface area contributed by atoms with Gasteiger partial charge in [0.15, 0.2) is 6.04 Å². The van der Waals surface area contributed by atoms with E-state index in [9.17, 15) is 19.2 Å². The number of aromatic nitrogens is 2. The van der Waals surface area contributed by atoms with Gasteiger partial charge in [0.2, 0.25) is 5.91 Å². The largest absolute Gasteiger partial charge is 0.368 e. The van der Waals surface area contributed by atoms with Crippen molar-refractivity contribution < 1.29 is 23.7 Å². The molecule has 10 heteroatoms. The maximum atomic E-state index is 14.1. The van der Waals surface area contributed by atoms with Crippen LogP contribution in [0.4, 0.5) is 0 Å². The van der Waals surface area contributed by atoms with Crippen LogP contribution in [0.15, 0.2) is 42.9 Å². The van der Waals surface area contributed by atoms with Crippen molar-refractivity contribution >= 4 is 23.6 Å². The van der Waals surface area contributed by atoms with Crippen LogP contribution in [0.5, 0.6) is 0 Å². The van der Waals surface area contributed by atoms with Gasteiger partial charge in [-0.3, -0.25) is 9.59 Å². The first-order chi connectivity index (χ1) is 16.8. The minimum atomic E-state index is -1.02. The summed E-state index contributed by atoms with van der Waals surface area (Å²) in [7, 11) is 0. The summed E-state index contributed by atoms with van der Waals surface area (Å²) in [5.41, 5.74) is 13.6. The number of amides is 4. The fourth-order valence-electron chi connectivity index (χ4n) is 5.78. The van der Waals surface area contributed by atoms with Gasteiger partial charge in [0.05, 0.1) is 12.7 Å². The van der Waals surface area contributed by atoms with Crippen LogP contribution >= 0.6 is 0 Å².